The van der Waals surface area contributed by atoms with Crippen molar-refractivity contribution >= 4 is 65.0 Å². The van der Waals surface area contributed by atoms with Gasteiger partial charge < -0.3 is 4.42 Å². The fourth-order valence-electron chi connectivity index (χ4n) is 9.87. The molecule has 65 heavy (non-hydrogen) atoms. The number of fused-ring (bicyclic) bond motifs is 11. The summed E-state index contributed by atoms with van der Waals surface area (Å²) in [6, 6.07) is 82.2. The molecule has 3 nitrogen and oxygen atoms in total. The van der Waals surface area contributed by atoms with Crippen LogP contribution in [0.4, 0.5) is 0 Å². The molecule has 0 spiro atoms. The van der Waals surface area contributed by atoms with Crippen LogP contribution in [0.1, 0.15) is 0 Å². The molecule has 2 aromatic heterocycles. The summed E-state index contributed by atoms with van der Waals surface area (Å²) in [5, 5.41) is 12.2. The summed E-state index contributed by atoms with van der Waals surface area (Å²) in [7, 11) is 0. The zero-order valence-electron chi connectivity index (χ0n) is 35.2. The molecule has 0 aliphatic carbocycles. The van der Waals surface area contributed by atoms with Crippen LogP contribution in [-0.4, -0.2) is 9.97 Å². The lowest BCUT2D eigenvalue weighted by Crippen LogP contribution is -1.95. The van der Waals surface area contributed by atoms with Crippen molar-refractivity contribution in [2.24, 2.45) is 0 Å². The molecule has 0 atom stereocenters. The van der Waals surface area contributed by atoms with Gasteiger partial charge in [0.15, 0.2) is 5.82 Å². The van der Waals surface area contributed by atoms with Gasteiger partial charge in [0.05, 0.1) is 11.4 Å². The van der Waals surface area contributed by atoms with Gasteiger partial charge in [-0.3, -0.25) is 0 Å². The number of furan rings is 1. The largest absolute Gasteiger partial charge is 0.455 e. The molecule has 0 unspecified atom stereocenters. The van der Waals surface area contributed by atoms with E-state index in [1.165, 1.54) is 48.8 Å². The van der Waals surface area contributed by atoms with Crippen molar-refractivity contribution < 1.29 is 4.42 Å². The topological polar surface area (TPSA) is 38.9 Å². The van der Waals surface area contributed by atoms with E-state index in [4.69, 9.17) is 14.4 Å². The van der Waals surface area contributed by atoms with Gasteiger partial charge in [-0.25, -0.2) is 9.97 Å². The first kappa shape index (κ1) is 36.9. The van der Waals surface area contributed by atoms with E-state index in [0.717, 1.165) is 77.7 Å². The maximum Gasteiger partial charge on any atom is 0.160 e. The summed E-state index contributed by atoms with van der Waals surface area (Å²) in [6.45, 7) is 0. The van der Waals surface area contributed by atoms with Crippen molar-refractivity contribution in [2.45, 2.75) is 0 Å². The third-order valence-corrected chi connectivity index (χ3v) is 13.1. The average Bonchev–Trinajstić information content (AvgIpc) is 3.77. The van der Waals surface area contributed by atoms with Gasteiger partial charge >= 0.3 is 0 Å². The third kappa shape index (κ3) is 6.28. The summed E-state index contributed by atoms with van der Waals surface area (Å²) in [5.41, 5.74) is 13.6. The second kappa shape index (κ2) is 15.0. The van der Waals surface area contributed by atoms with E-state index in [2.05, 4.69) is 194 Å². The Labute approximate surface area is 375 Å². The molecule has 0 amide bonds. The van der Waals surface area contributed by atoms with E-state index < -0.39 is 0 Å². The van der Waals surface area contributed by atoms with E-state index in [0.29, 0.717) is 5.82 Å². The third-order valence-electron chi connectivity index (χ3n) is 13.1. The minimum atomic E-state index is 0.710. The zero-order chi connectivity index (χ0) is 42.8. The van der Waals surface area contributed by atoms with Crippen molar-refractivity contribution in [3.63, 3.8) is 0 Å². The van der Waals surface area contributed by atoms with Crippen molar-refractivity contribution in [3.05, 3.63) is 231 Å². The highest BCUT2D eigenvalue weighted by Gasteiger charge is 2.18. The molecule has 0 N–H and O–H groups in total. The Morgan fingerprint density at radius 3 is 1.38 bits per heavy atom. The molecule has 0 radical (unpaired) electrons. The summed E-state index contributed by atoms with van der Waals surface area (Å²) >= 11 is 0. The molecule has 3 heteroatoms. The van der Waals surface area contributed by atoms with Crippen molar-refractivity contribution in [2.75, 3.05) is 0 Å². The van der Waals surface area contributed by atoms with Gasteiger partial charge in [-0.05, 0) is 107 Å². The molecule has 13 aromatic rings. The lowest BCUT2D eigenvalue weighted by molar-refractivity contribution is 0.673. The predicted octanol–water partition coefficient (Wildman–Crippen LogP) is 17.0. The van der Waals surface area contributed by atoms with E-state index in [-0.39, 0.29) is 0 Å². The first-order valence-electron chi connectivity index (χ1n) is 22.1. The highest BCUT2D eigenvalue weighted by molar-refractivity contribution is 6.26. The Hall–Kier alpha value is -8.66. The molecule has 11 aromatic carbocycles. The van der Waals surface area contributed by atoms with Gasteiger partial charge in [0.2, 0.25) is 0 Å². The van der Waals surface area contributed by atoms with Crippen LogP contribution in [0.3, 0.4) is 0 Å². The summed E-state index contributed by atoms with van der Waals surface area (Å²) < 4.78 is 6.83. The molecule has 13 rings (SSSR count). The Balaban J connectivity index is 0.866. The molecule has 0 fully saturated rings. The predicted molar refractivity (Wildman–Crippen MR) is 272 cm³/mol. The minimum Gasteiger partial charge on any atom is -0.455 e. The highest BCUT2D eigenvalue weighted by Crippen LogP contribution is 2.43. The monoisotopic (exact) mass is 826 g/mol. The van der Waals surface area contributed by atoms with Gasteiger partial charge in [0.1, 0.15) is 11.2 Å². The first-order chi connectivity index (χ1) is 32.2. The Kier molecular flexibility index (Phi) is 8.53. The summed E-state index contributed by atoms with van der Waals surface area (Å²) in [6.07, 6.45) is 0. The molecule has 0 aliphatic heterocycles. The minimum absolute atomic E-state index is 0.710. The van der Waals surface area contributed by atoms with E-state index >= 15 is 0 Å². The normalized spacial score (nSPS) is 11.7. The second-order valence-corrected chi connectivity index (χ2v) is 16.9. The lowest BCUT2D eigenvalue weighted by Gasteiger charge is -2.13. The van der Waals surface area contributed by atoms with E-state index in [9.17, 15) is 0 Å². The van der Waals surface area contributed by atoms with Crippen molar-refractivity contribution in [1.29, 1.82) is 0 Å². The van der Waals surface area contributed by atoms with Gasteiger partial charge in [0, 0.05) is 32.8 Å². The molecule has 0 aliphatic rings. The fourth-order valence-corrected chi connectivity index (χ4v) is 9.87. The number of rotatable bonds is 6. The zero-order valence-corrected chi connectivity index (χ0v) is 35.2. The van der Waals surface area contributed by atoms with E-state index in [1.54, 1.807) is 0 Å². The van der Waals surface area contributed by atoms with Gasteiger partial charge in [-0.15, -0.1) is 0 Å². The molecular formula is C62H38N2O. The van der Waals surface area contributed by atoms with Crippen molar-refractivity contribution in [3.8, 4) is 67.3 Å². The molecule has 302 valence electrons. The van der Waals surface area contributed by atoms with Gasteiger partial charge in [0.25, 0.3) is 0 Å². The Morgan fingerprint density at radius 1 is 0.246 bits per heavy atom. The standard InChI is InChI=1S/C62H38N2O/c1-3-14-40(15-4-1)58-38-59(64-62(63-58)42-16-5-2-6-17-42)41-28-26-39(27-29-41)43-18-13-19-44(34-43)45-30-33-53-57-37-55(51-24-11-12-25-54(51)61(57)65-60(53)36-45)46-31-32-52-49-22-8-7-20-47(49)48-21-9-10-23-50(48)56(52)35-46/h1-38H. The second-order valence-electron chi connectivity index (χ2n) is 16.9. The maximum absolute atomic E-state index is 6.83. The molecule has 2 heterocycles. The van der Waals surface area contributed by atoms with Gasteiger partial charge in [-0.2, -0.15) is 0 Å². The lowest BCUT2D eigenvalue weighted by atomic mass is 9.90. The Morgan fingerprint density at radius 2 is 0.708 bits per heavy atom. The number of aromatic nitrogens is 2. The molecule has 0 bridgehead atoms. The van der Waals surface area contributed by atoms with Crippen molar-refractivity contribution in [1.82, 2.24) is 9.97 Å². The molecular weight excluding hydrogens is 789 g/mol. The number of hydrogen-bond donors (Lipinski definition) is 0. The number of nitrogens with zero attached hydrogens (tertiary/aromatic N) is 2. The van der Waals surface area contributed by atoms with Crippen LogP contribution in [-0.2, 0) is 0 Å². The van der Waals surface area contributed by atoms with Crippen LogP contribution in [0.25, 0.3) is 132 Å². The van der Waals surface area contributed by atoms with Crippen LogP contribution in [0.2, 0.25) is 0 Å². The molecule has 0 saturated carbocycles. The van der Waals surface area contributed by atoms with Crippen LogP contribution in [0, 0.1) is 0 Å². The SMILES string of the molecule is c1ccc(-c2cc(-c3ccc(-c4cccc(-c5ccc6c(c5)oc5c7ccccc7c(-c7ccc8c9ccccc9c9ccccc9c8c7)cc65)c4)cc3)nc(-c3ccccc3)n2)cc1. The quantitative estimate of drug-likeness (QED) is 0.157. The smallest absolute Gasteiger partial charge is 0.160 e. The van der Waals surface area contributed by atoms with Crippen LogP contribution < -0.4 is 0 Å². The number of hydrogen-bond acceptors (Lipinski definition) is 3. The fraction of sp³-hybridized carbons (Fsp3) is 0. The first-order valence-corrected chi connectivity index (χ1v) is 22.1. The highest BCUT2D eigenvalue weighted by atomic mass is 16.3. The van der Waals surface area contributed by atoms with Crippen LogP contribution >= 0.6 is 0 Å². The van der Waals surface area contributed by atoms with E-state index in [1.807, 2.05) is 36.4 Å². The maximum atomic E-state index is 6.83. The molecule has 0 saturated heterocycles. The summed E-state index contributed by atoms with van der Waals surface area (Å²) in [5.74, 6) is 0.710. The number of benzene rings is 11. The summed E-state index contributed by atoms with van der Waals surface area (Å²) in [4.78, 5) is 10.0. The van der Waals surface area contributed by atoms with Crippen LogP contribution in [0.15, 0.2) is 235 Å². The van der Waals surface area contributed by atoms with Crippen LogP contribution in [0.5, 0.6) is 0 Å². The average molecular weight is 827 g/mol. The Bertz CT molecular complexity index is 3890. The van der Waals surface area contributed by atoms with Gasteiger partial charge in [-0.1, -0.05) is 194 Å².